The van der Waals surface area contributed by atoms with E-state index in [1.54, 1.807) is 6.92 Å². The van der Waals surface area contributed by atoms with E-state index in [9.17, 15) is 19.8 Å². The van der Waals surface area contributed by atoms with Gasteiger partial charge in [-0.3, -0.25) is 9.59 Å². The predicted octanol–water partition coefficient (Wildman–Crippen LogP) is 14.6. The van der Waals surface area contributed by atoms with Crippen LogP contribution in [0.4, 0.5) is 11.4 Å². The first-order chi connectivity index (χ1) is 36.0. The average Bonchev–Trinajstić information content (AvgIpc) is 3.74. The summed E-state index contributed by atoms with van der Waals surface area (Å²) in [6.07, 6.45) is 31.1. The minimum Gasteiger partial charge on any atom is -0.390 e. The Kier molecular flexibility index (Phi) is 20.9. The predicted molar refractivity (Wildman–Crippen MR) is 323 cm³/mol. The van der Waals surface area contributed by atoms with E-state index >= 15 is 0 Å². The Morgan fingerprint density at radius 2 is 0.961 bits per heavy atom. The molecule has 0 spiro atoms. The molecule has 0 unspecified atom stereocenters. The molecule has 0 heterocycles. The van der Waals surface area contributed by atoms with Crippen molar-refractivity contribution in [3.63, 3.8) is 0 Å². The highest BCUT2D eigenvalue weighted by molar-refractivity contribution is 14.1. The van der Waals surface area contributed by atoms with Crippen LogP contribution in [0.15, 0.2) is 60.7 Å². The first kappa shape index (κ1) is 59.6. The molecule has 8 aliphatic carbocycles. The van der Waals surface area contributed by atoms with Crippen LogP contribution in [-0.4, -0.2) is 37.8 Å². The van der Waals surface area contributed by atoms with E-state index in [2.05, 4.69) is 114 Å². The molecule has 4 N–H and O–H groups in total. The summed E-state index contributed by atoms with van der Waals surface area (Å²) in [6.45, 7) is 10.9. The lowest BCUT2D eigenvalue weighted by atomic mass is 9.48. The van der Waals surface area contributed by atoms with Gasteiger partial charge in [0.05, 0.1) is 11.2 Å². The Morgan fingerprint density at radius 3 is 1.38 bits per heavy atom. The molecule has 0 aliphatic heterocycles. The summed E-state index contributed by atoms with van der Waals surface area (Å²) < 4.78 is -0.0504. The third-order valence-corrected chi connectivity index (χ3v) is 21.3. The zero-order chi connectivity index (χ0) is 53.2. The lowest BCUT2D eigenvalue weighted by Gasteiger charge is -2.57. The summed E-state index contributed by atoms with van der Waals surface area (Å²) in [5, 5.41) is 27.6. The molecule has 8 fully saturated rings. The summed E-state index contributed by atoms with van der Waals surface area (Å²) in [4.78, 5) is 26.3. The maximum atomic E-state index is 13.1. The second kappa shape index (κ2) is 26.7. The summed E-state index contributed by atoms with van der Waals surface area (Å²) in [5.74, 6) is 32.2. The van der Waals surface area contributed by atoms with Crippen LogP contribution in [-0.2, 0) is 9.59 Å². The van der Waals surface area contributed by atoms with E-state index in [-0.39, 0.29) is 35.6 Å². The number of rotatable bonds is 4. The monoisotopic (exact) mass is 1140 g/mol. The van der Waals surface area contributed by atoms with Crippen molar-refractivity contribution in [2.24, 2.45) is 81.8 Å². The summed E-state index contributed by atoms with van der Waals surface area (Å²) in [6, 6.07) is 19.9. The number of nitrogens with one attached hydrogen (secondary N) is 2. The number of halogens is 1. The highest BCUT2D eigenvalue weighted by atomic mass is 127. The van der Waals surface area contributed by atoms with Crippen LogP contribution in [0.5, 0.6) is 0 Å². The zero-order valence-electron chi connectivity index (χ0n) is 46.0. The highest BCUT2D eigenvalue weighted by Gasteiger charge is 2.56. The molecule has 0 radical (unpaired) electrons. The second-order valence-electron chi connectivity index (χ2n) is 25.8. The zero-order valence-corrected chi connectivity index (χ0v) is 48.2. The molecule has 406 valence electrons. The van der Waals surface area contributed by atoms with Gasteiger partial charge in [-0.2, -0.15) is 0 Å². The summed E-state index contributed by atoms with van der Waals surface area (Å²) in [5.41, 5.74) is 1.60. The molecule has 2 aromatic carbocycles. The van der Waals surface area contributed by atoms with Crippen LogP contribution in [0.2, 0.25) is 0 Å². The topological polar surface area (TPSA) is 98.7 Å². The average molecular weight is 1140 g/mol. The third kappa shape index (κ3) is 15.0. The van der Waals surface area contributed by atoms with Crippen molar-refractivity contribution < 1.29 is 19.8 Å². The molecule has 0 bridgehead atoms. The van der Waals surface area contributed by atoms with Gasteiger partial charge in [-0.1, -0.05) is 76.4 Å². The van der Waals surface area contributed by atoms with Crippen LogP contribution in [0.1, 0.15) is 183 Å². The van der Waals surface area contributed by atoms with Crippen LogP contribution in [0, 0.1) is 141 Å². The fourth-order valence-corrected chi connectivity index (χ4v) is 17.7. The summed E-state index contributed by atoms with van der Waals surface area (Å²) in [7, 11) is 0. The SMILES string of the molecule is C.C#CC#CC#CB(I)C#CC#CC.C[C@@]1(O)CC[C@H]2[C@H](CC[C@@H]3[C@@H]2CC[C@]2(C)C[C@@H](C(=O)Nc4ccccc4)CCC[C@@H]32)C1.C[C@@]1(O)CC[C@H]2[C@H](CC[C@@H]3[C@@H]2CC[C@]2(C)C[C@H](C(=O)Nc4ccccc4)CCC[C@@H]32)C1. The van der Waals surface area contributed by atoms with Gasteiger partial charge in [0.15, 0.2) is 0 Å². The van der Waals surface area contributed by atoms with Gasteiger partial charge in [0, 0.05) is 23.2 Å². The fraction of sp³-hybridized carbons (Fsp3) is 0.647. The van der Waals surface area contributed by atoms with Crippen molar-refractivity contribution in [1.82, 2.24) is 0 Å². The number of hydrogen-bond donors (Lipinski definition) is 4. The minimum atomic E-state index is -0.432. The van der Waals surface area contributed by atoms with Gasteiger partial charge in [0.25, 0.3) is 0 Å². The second-order valence-corrected chi connectivity index (χ2v) is 27.0. The van der Waals surface area contributed by atoms with Crippen molar-refractivity contribution in [3.05, 3.63) is 60.7 Å². The standard InChI is InChI=1S/2C28H41NO2.C11H4BI.CH4/c2*1-27-15-13-23-22-14-16-28(2,31)18-19(22)11-12-24(23)25(27)10-6-7-20(17-27)26(30)29-21-8-4-3-5-9-21;1-3-5-7-9-11-12(13)10-8-6-4-2;/h2*3-5,8-9,19-20,22-25,31H,6-7,10-18H2,1-2H3,(H,29,30);1H,2H3;1H4/t19-,20+,22+,23-,24-,25+,27-,28-;19-,20-,22+,23-,24-,25+,27-,28-;;/m11../s1. The molecule has 8 heteroatoms. The van der Waals surface area contributed by atoms with Crippen molar-refractivity contribution >= 4 is 50.1 Å². The van der Waals surface area contributed by atoms with Gasteiger partial charge in [0.1, 0.15) is 0 Å². The molecule has 2 amide bonds. The van der Waals surface area contributed by atoms with Crippen LogP contribution in [0.25, 0.3) is 0 Å². The fourth-order valence-electron chi connectivity index (χ4n) is 17.4. The maximum absolute atomic E-state index is 13.1. The number of amides is 2. The number of terminal acetylenes is 1. The van der Waals surface area contributed by atoms with Crippen molar-refractivity contribution in [3.8, 4) is 59.5 Å². The summed E-state index contributed by atoms with van der Waals surface area (Å²) >= 11 is 2.10. The van der Waals surface area contributed by atoms with Gasteiger partial charge < -0.3 is 20.8 Å². The van der Waals surface area contributed by atoms with Crippen molar-refractivity contribution in [2.75, 3.05) is 10.6 Å². The number of benzene rings is 2. The molecule has 6 nitrogen and oxygen atoms in total. The third-order valence-electron chi connectivity index (χ3n) is 20.7. The van der Waals surface area contributed by atoms with E-state index in [1.807, 2.05) is 60.7 Å². The lowest BCUT2D eigenvalue weighted by Crippen LogP contribution is -2.50. The number of hydrogen-bond acceptors (Lipinski definition) is 4. The normalized spacial score (nSPS) is 37.4. The number of aliphatic hydroxyl groups is 2. The first-order valence-corrected chi connectivity index (χ1v) is 30.4. The first-order valence-electron chi connectivity index (χ1n) is 29.2. The smallest absolute Gasteiger partial charge is 0.384 e. The largest absolute Gasteiger partial charge is 0.390 e. The number of carbonyl (C=O) groups excluding carboxylic acids is 2. The highest BCUT2D eigenvalue weighted by Crippen LogP contribution is 2.64. The number of fused-ring (bicyclic) bond motifs is 10. The minimum absolute atomic E-state index is 0. The molecule has 76 heavy (non-hydrogen) atoms. The van der Waals surface area contributed by atoms with Gasteiger partial charge in [0.2, 0.25) is 11.8 Å². The van der Waals surface area contributed by atoms with Crippen molar-refractivity contribution in [1.29, 1.82) is 0 Å². The molecule has 16 atom stereocenters. The molecular weight excluding hydrogens is 1050 g/mol. The Bertz CT molecular complexity index is 2450. The number of anilines is 2. The van der Waals surface area contributed by atoms with Gasteiger partial charge in [-0.05, 0) is 279 Å². The Morgan fingerprint density at radius 1 is 0.539 bits per heavy atom. The Hall–Kier alpha value is -4.11. The van der Waals surface area contributed by atoms with E-state index in [4.69, 9.17) is 6.42 Å². The number of carbonyl (C=O) groups is 2. The lowest BCUT2D eigenvalue weighted by molar-refractivity contribution is -0.124. The van der Waals surface area contributed by atoms with Crippen LogP contribution in [0.3, 0.4) is 0 Å². The molecular formula is C68H90BIN2O4. The van der Waals surface area contributed by atoms with E-state index in [0.717, 1.165) is 122 Å². The maximum Gasteiger partial charge on any atom is 0.384 e. The molecule has 8 saturated carbocycles. The molecule has 0 saturated heterocycles. The van der Waals surface area contributed by atoms with Crippen molar-refractivity contribution in [2.45, 2.75) is 195 Å². The van der Waals surface area contributed by atoms with Gasteiger partial charge in [-0.15, -0.1) is 40.4 Å². The van der Waals surface area contributed by atoms with E-state index in [0.29, 0.717) is 10.8 Å². The molecule has 8 aliphatic rings. The molecule has 10 rings (SSSR count). The van der Waals surface area contributed by atoms with Crippen LogP contribution >= 0.6 is 22.4 Å². The molecule has 0 aromatic heterocycles. The van der Waals surface area contributed by atoms with E-state index in [1.165, 1.54) is 89.9 Å². The Balaban J connectivity index is 0.000000179. The van der Waals surface area contributed by atoms with E-state index < -0.39 is 11.2 Å². The quantitative estimate of drug-likeness (QED) is 0.139. The molecule has 2 aromatic rings. The number of para-hydroxylation sites is 2. The van der Waals surface area contributed by atoms with Gasteiger partial charge >= 0.3 is 4.57 Å². The van der Waals surface area contributed by atoms with Crippen LogP contribution < -0.4 is 10.6 Å². The Labute approximate surface area is 474 Å². The van der Waals surface area contributed by atoms with Gasteiger partial charge in [-0.25, -0.2) is 0 Å².